The number of hydrogen-bond donors (Lipinski definition) is 2. The van der Waals surface area contributed by atoms with E-state index in [0.717, 1.165) is 4.88 Å². The summed E-state index contributed by atoms with van der Waals surface area (Å²) in [5.41, 5.74) is 7.52. The van der Waals surface area contributed by atoms with E-state index in [-0.39, 0.29) is 11.5 Å². The molecule has 3 heterocycles. The number of benzene rings is 2. The highest BCUT2D eigenvalue weighted by atomic mass is 35.5. The molecule has 5 aromatic rings. The molecule has 5 rings (SSSR count). The zero-order valence-electron chi connectivity index (χ0n) is 18.8. The minimum Gasteiger partial charge on any atom is -0.473 e. The molecule has 0 aliphatic heterocycles. The highest BCUT2D eigenvalue weighted by Crippen LogP contribution is 2.35. The lowest BCUT2D eigenvalue weighted by Gasteiger charge is -2.21. The summed E-state index contributed by atoms with van der Waals surface area (Å²) in [6.45, 7) is 1.90. The van der Waals surface area contributed by atoms with Crippen molar-refractivity contribution in [2.24, 2.45) is 0 Å². The predicted octanol–water partition coefficient (Wildman–Crippen LogP) is 4.72. The fraction of sp³-hybridized carbons (Fsp3) is 0.125. The number of anilines is 2. The monoisotopic (exact) mass is 505 g/mol. The number of thiazole rings is 1. The molecule has 0 aliphatic rings. The molecule has 9 nitrogen and oxygen atoms in total. The number of ether oxygens (including phenoxy) is 1. The van der Waals surface area contributed by atoms with Crippen molar-refractivity contribution in [1.82, 2.24) is 24.5 Å². The van der Waals surface area contributed by atoms with Gasteiger partial charge in [0.15, 0.2) is 0 Å². The molecule has 0 amide bonds. The third-order valence-corrected chi connectivity index (χ3v) is 6.67. The van der Waals surface area contributed by atoms with Crippen LogP contribution in [0.2, 0.25) is 5.02 Å². The van der Waals surface area contributed by atoms with Crippen LogP contribution in [0.4, 0.5) is 11.8 Å². The lowest BCUT2D eigenvalue weighted by Crippen LogP contribution is -2.27. The molecule has 0 saturated heterocycles. The molecule has 11 heteroatoms. The van der Waals surface area contributed by atoms with Gasteiger partial charge >= 0.3 is 0 Å². The predicted molar refractivity (Wildman–Crippen MR) is 138 cm³/mol. The molecule has 0 unspecified atom stereocenters. The van der Waals surface area contributed by atoms with E-state index >= 15 is 0 Å². The maximum atomic E-state index is 13.7. The van der Waals surface area contributed by atoms with Gasteiger partial charge < -0.3 is 15.8 Å². The zero-order valence-corrected chi connectivity index (χ0v) is 20.3. The first-order chi connectivity index (χ1) is 17.0. The van der Waals surface area contributed by atoms with Gasteiger partial charge in [-0.2, -0.15) is 4.98 Å². The number of hydrogen-bond acceptors (Lipinski definition) is 9. The van der Waals surface area contributed by atoms with Gasteiger partial charge in [-0.25, -0.2) is 15.0 Å². The van der Waals surface area contributed by atoms with Crippen molar-refractivity contribution in [2.75, 3.05) is 18.2 Å². The average molecular weight is 506 g/mol. The van der Waals surface area contributed by atoms with Crippen molar-refractivity contribution >= 4 is 45.6 Å². The van der Waals surface area contributed by atoms with Gasteiger partial charge in [0.05, 0.1) is 45.2 Å². The highest BCUT2D eigenvalue weighted by Gasteiger charge is 2.21. The number of halogens is 1. The number of aromatic nitrogens is 5. The van der Waals surface area contributed by atoms with E-state index in [2.05, 4.69) is 20.3 Å². The number of nitrogens with zero attached hydrogens (tertiary/aromatic N) is 5. The van der Waals surface area contributed by atoms with Crippen LogP contribution in [0.15, 0.2) is 65.7 Å². The van der Waals surface area contributed by atoms with Gasteiger partial charge in [-0.05, 0) is 31.2 Å². The van der Waals surface area contributed by atoms with Crippen LogP contribution in [0.3, 0.4) is 0 Å². The second-order valence-electron chi connectivity index (χ2n) is 7.63. The summed E-state index contributed by atoms with van der Waals surface area (Å²) in [6, 6.07) is 14.1. The molecule has 176 valence electrons. The molecule has 35 heavy (non-hydrogen) atoms. The maximum Gasteiger partial charge on any atom is 0.273 e. The quantitative estimate of drug-likeness (QED) is 0.340. The van der Waals surface area contributed by atoms with E-state index in [4.69, 9.17) is 27.1 Å². The van der Waals surface area contributed by atoms with Gasteiger partial charge in [-0.3, -0.25) is 9.36 Å². The van der Waals surface area contributed by atoms with Crippen LogP contribution in [0.5, 0.6) is 5.19 Å². The Kier molecular flexibility index (Phi) is 6.06. The first-order valence-electron chi connectivity index (χ1n) is 10.6. The van der Waals surface area contributed by atoms with Crippen LogP contribution in [-0.2, 0) is 0 Å². The summed E-state index contributed by atoms with van der Waals surface area (Å²) < 4.78 is 6.78. The Balaban J connectivity index is 1.65. The first kappa shape index (κ1) is 22.8. The fourth-order valence-corrected chi connectivity index (χ4v) is 4.75. The van der Waals surface area contributed by atoms with Gasteiger partial charge in [-0.1, -0.05) is 47.2 Å². The Hall–Kier alpha value is -4.02. The highest BCUT2D eigenvalue weighted by molar-refractivity contribution is 7.16. The smallest absolute Gasteiger partial charge is 0.273 e. The maximum absolute atomic E-state index is 13.7. The van der Waals surface area contributed by atoms with E-state index in [1.54, 1.807) is 42.3 Å². The lowest BCUT2D eigenvalue weighted by molar-refractivity contribution is 0.412. The largest absolute Gasteiger partial charge is 0.473 e. The van der Waals surface area contributed by atoms with Crippen LogP contribution < -0.4 is 21.3 Å². The third-order valence-electron chi connectivity index (χ3n) is 5.36. The molecule has 0 spiro atoms. The van der Waals surface area contributed by atoms with E-state index in [0.29, 0.717) is 44.0 Å². The van der Waals surface area contributed by atoms with Crippen molar-refractivity contribution in [3.05, 3.63) is 82.1 Å². The van der Waals surface area contributed by atoms with Gasteiger partial charge in [0, 0.05) is 12.4 Å². The Morgan fingerprint density at radius 1 is 1.09 bits per heavy atom. The first-order valence-corrected chi connectivity index (χ1v) is 11.8. The summed E-state index contributed by atoms with van der Waals surface area (Å²) in [5.74, 6) is 1.08. The van der Waals surface area contributed by atoms with Crippen molar-refractivity contribution in [3.8, 4) is 21.3 Å². The number of methoxy groups -OCH3 is 1. The summed E-state index contributed by atoms with van der Waals surface area (Å²) in [4.78, 5) is 32.1. The average Bonchev–Trinajstić information content (AvgIpc) is 3.33. The molecule has 1 atom stereocenters. The lowest BCUT2D eigenvalue weighted by atomic mass is 10.2. The van der Waals surface area contributed by atoms with Crippen LogP contribution in [0, 0.1) is 0 Å². The Morgan fingerprint density at radius 3 is 2.63 bits per heavy atom. The Bertz CT molecular complexity index is 1590. The Morgan fingerprint density at radius 2 is 1.89 bits per heavy atom. The second kappa shape index (κ2) is 9.32. The fourth-order valence-electron chi connectivity index (χ4n) is 3.76. The number of nitrogens with one attached hydrogen (secondary N) is 1. The Labute approximate surface area is 209 Å². The van der Waals surface area contributed by atoms with E-state index in [9.17, 15) is 4.79 Å². The van der Waals surface area contributed by atoms with Gasteiger partial charge in [0.25, 0.3) is 10.8 Å². The van der Waals surface area contributed by atoms with Crippen molar-refractivity contribution in [2.45, 2.75) is 13.0 Å². The third kappa shape index (κ3) is 4.29. The second-order valence-corrected chi connectivity index (χ2v) is 9.03. The minimum atomic E-state index is -0.450. The van der Waals surface area contributed by atoms with E-state index in [1.165, 1.54) is 11.3 Å². The van der Waals surface area contributed by atoms with Crippen LogP contribution in [0.25, 0.3) is 27.0 Å². The van der Waals surface area contributed by atoms with Crippen molar-refractivity contribution < 1.29 is 4.74 Å². The number of para-hydroxylation sites is 1. The van der Waals surface area contributed by atoms with Crippen LogP contribution in [-0.4, -0.2) is 31.6 Å². The van der Waals surface area contributed by atoms with Gasteiger partial charge in [-0.15, -0.1) is 0 Å². The van der Waals surface area contributed by atoms with Gasteiger partial charge in [0.2, 0.25) is 5.95 Å². The molecule has 0 aliphatic carbocycles. The summed E-state index contributed by atoms with van der Waals surface area (Å²) in [5, 5.41) is 4.59. The number of fused-ring (bicyclic) bond motifs is 1. The standard InChI is InChI=1S/C24H20ClN7O2S/c1-13(29-20-15(11-27-23(26)31-20)18-12-28-24(34-2)35-18)21-30-17-10-6-9-16(25)19(17)22(33)32(21)14-7-4-3-5-8-14/h3-13H,1-2H3,(H3,26,27,29,31)/t13-/m0/s1. The molecule has 2 aromatic carbocycles. The van der Waals surface area contributed by atoms with Crippen LogP contribution >= 0.6 is 22.9 Å². The minimum absolute atomic E-state index is 0.110. The summed E-state index contributed by atoms with van der Waals surface area (Å²) in [6.07, 6.45) is 3.31. The van der Waals surface area contributed by atoms with E-state index < -0.39 is 6.04 Å². The molecule has 3 N–H and O–H groups in total. The number of rotatable bonds is 6. The number of nitrogens with two attached hydrogens (primary N) is 1. The molecular weight excluding hydrogens is 486 g/mol. The molecule has 3 aromatic heterocycles. The summed E-state index contributed by atoms with van der Waals surface area (Å²) in [7, 11) is 1.56. The molecule has 0 bridgehead atoms. The summed E-state index contributed by atoms with van der Waals surface area (Å²) >= 11 is 7.74. The SMILES string of the molecule is COc1ncc(-c2cnc(N)nc2N[C@@H](C)c2nc3cccc(Cl)c3c(=O)n2-c2ccccc2)s1. The van der Waals surface area contributed by atoms with E-state index in [1.807, 2.05) is 37.3 Å². The molecule has 0 fully saturated rings. The van der Waals surface area contributed by atoms with Gasteiger partial charge in [0.1, 0.15) is 11.6 Å². The van der Waals surface area contributed by atoms with Crippen LogP contribution in [0.1, 0.15) is 18.8 Å². The molecular formula is C24H20ClN7O2S. The van der Waals surface area contributed by atoms with Crippen molar-refractivity contribution in [1.29, 1.82) is 0 Å². The topological polar surface area (TPSA) is 121 Å². The zero-order chi connectivity index (χ0) is 24.5. The molecule has 0 radical (unpaired) electrons. The number of nitrogen functional groups attached to an aromatic ring is 1. The molecule has 0 saturated carbocycles. The normalized spacial score (nSPS) is 12.0. The van der Waals surface area contributed by atoms with Crippen molar-refractivity contribution in [3.63, 3.8) is 0 Å².